The normalized spacial score (nSPS) is 18.4. The third-order valence-electron chi connectivity index (χ3n) is 22.9. The minimum atomic E-state index is -2.24. The van der Waals surface area contributed by atoms with Crippen LogP contribution in [0, 0.1) is 55.4 Å². The molecule has 0 saturated heterocycles. The maximum Gasteiger partial charge on any atom is 0.377 e. The molecule has 8 atom stereocenters. The Hall–Kier alpha value is -4.87. The third kappa shape index (κ3) is 22.2. The Bertz CT molecular complexity index is 4500. The van der Waals surface area contributed by atoms with Crippen molar-refractivity contribution in [1.82, 2.24) is 21.3 Å². The number of hydrogen-bond donors (Lipinski definition) is 4. The summed E-state index contributed by atoms with van der Waals surface area (Å²) in [4.78, 5) is 0. The first kappa shape index (κ1) is 96.3. The molecule has 4 heterocycles. The number of fused-ring (bicyclic) bond motifs is 4. The molecular weight excluding hydrogens is 1610 g/mol. The number of benzene rings is 12. The van der Waals surface area contributed by atoms with Crippen LogP contribution in [0.15, 0.2) is 291 Å². The highest BCUT2D eigenvalue weighted by molar-refractivity contribution is 8.09. The van der Waals surface area contributed by atoms with Crippen LogP contribution in [0.25, 0.3) is 0 Å². The number of hydrogen-bond acceptors (Lipinski definition) is 4. The molecule has 4 aliphatic heterocycles. The van der Waals surface area contributed by atoms with Gasteiger partial charge in [0.05, 0.1) is 57.7 Å². The zero-order chi connectivity index (χ0) is 73.1. The Morgan fingerprint density at radius 3 is 0.632 bits per heavy atom. The molecule has 592 valence electrons. The van der Waals surface area contributed by atoms with Crippen LogP contribution >= 0.6 is 138 Å². The van der Waals surface area contributed by atoms with Gasteiger partial charge in [0, 0.05) is 38.4 Å². The molecule has 4 nitrogen and oxygen atoms in total. The average Bonchev–Trinajstić information content (AvgIpc) is 0.754. The summed E-state index contributed by atoms with van der Waals surface area (Å²) in [6.07, 6.45) is 7.95. The molecule has 12 aromatic carbocycles. The number of rotatable bonds is 18. The highest BCUT2D eigenvalue weighted by Gasteiger charge is 2.47. The van der Waals surface area contributed by atoms with E-state index in [2.05, 4.69) is 368 Å². The Balaban J connectivity index is 0.000000295. The minimum Gasteiger partial charge on any atom is -0.305 e. The largest absolute Gasteiger partial charge is 0.377 e. The molecule has 12 aromatic rings. The van der Waals surface area contributed by atoms with E-state index in [0.29, 0.717) is 12.1 Å². The van der Waals surface area contributed by atoms with Crippen molar-refractivity contribution in [3.8, 4) is 0 Å². The van der Waals surface area contributed by atoms with Crippen molar-refractivity contribution in [3.05, 3.63) is 380 Å². The summed E-state index contributed by atoms with van der Waals surface area (Å²) in [7, 11) is 9.97. The van der Waals surface area contributed by atoms with Crippen LogP contribution in [0.5, 0.6) is 0 Å². The second-order valence-corrected chi connectivity index (χ2v) is 41.8. The summed E-state index contributed by atoms with van der Waals surface area (Å²) in [5.41, 5.74) is 21.7. The van der Waals surface area contributed by atoms with Crippen LogP contribution in [-0.2, 0) is 25.7 Å². The first-order valence-corrected chi connectivity index (χ1v) is 45.4. The van der Waals surface area contributed by atoms with Crippen molar-refractivity contribution in [2.75, 3.05) is 24.6 Å². The predicted octanol–water partition coefficient (Wildman–Crippen LogP) is 18.1. The summed E-state index contributed by atoms with van der Waals surface area (Å²) < 4.78 is 0. The summed E-state index contributed by atoms with van der Waals surface area (Å²) in [5.74, 6) is 0. The molecule has 18 heteroatoms. The van der Waals surface area contributed by atoms with E-state index in [4.69, 9.17) is 15.1 Å². The van der Waals surface area contributed by atoms with Crippen molar-refractivity contribution < 1.29 is 0 Å². The van der Waals surface area contributed by atoms with Gasteiger partial charge in [-0.15, -0.1) is 0 Å². The molecule has 0 aromatic heterocycles. The zero-order valence-corrected chi connectivity index (χ0v) is 78.5. The van der Waals surface area contributed by atoms with Crippen molar-refractivity contribution in [2.24, 2.45) is 0 Å². The second kappa shape index (κ2) is 43.4. The number of nitrogens with one attached hydrogen (secondary N) is 4. The summed E-state index contributed by atoms with van der Waals surface area (Å²) in [5, 5.41) is 28.0. The highest BCUT2D eigenvalue weighted by Crippen LogP contribution is 2.56. The molecule has 4 radical (unpaired) electrons. The first-order chi connectivity index (χ1) is 51.5. The Morgan fingerprint density at radius 1 is 0.246 bits per heavy atom. The quantitative estimate of drug-likeness (QED) is 0.0511. The topological polar surface area (TPSA) is 48.1 Å². The third-order valence-corrected chi connectivity index (χ3v) is 35.1. The van der Waals surface area contributed by atoms with Gasteiger partial charge in [-0.05, 0) is 223 Å². The SMILES string of the molecule is Cc1ccc(P(C[C@@H]2Cc3ccccc3[C@@H]([C@H]3N[C@H](CP(c4ccc(C)cc4)c4ccc(C)cc4)Cc4ccccc43)N2)c2ccc(C)cc2)cc1.S.S.S.S.S.S.S.S.[B][P+](C[C@@H]1Cc2ccccc2[C@@H]([C@H]2N[C@H](C[P+]([B])(c3ccc(C)cc3)c3ccc(C)cc3)Cc3ccccc32)N1)(c1ccc(C)cc1)c1ccc(C)cc1. The van der Waals surface area contributed by atoms with Gasteiger partial charge in [0.1, 0.15) is 0 Å². The van der Waals surface area contributed by atoms with E-state index in [1.165, 1.54) is 131 Å². The molecule has 114 heavy (non-hydrogen) atoms. The zero-order valence-electron chi connectivity index (χ0n) is 66.9. The van der Waals surface area contributed by atoms with Gasteiger partial charge in [0.2, 0.25) is 0 Å². The standard InChI is InChI=1S/C48H50B2N2P2.C48H50N2P2.8H2S/c1-33-13-21-41(22-14-33)53(49,42-23-15-34(2)16-24-42)31-39-29-37-9-5-7-11-45(37)47(51-39)48-46-12-8-6-10-38(46)30-40(52-48)32-54(50,43-25-17-35(3)18-26-43)44-27-19-36(4)20-28-44;1-33-13-21-41(22-14-33)51(42-23-15-34(2)16-24-42)31-39-29-37-9-5-7-11-45(37)47(49-39)48-46-12-8-6-10-38(46)30-40(50-48)32-52(43-25-17-35(3)18-26-43)44-27-19-36(4)20-28-44;;;;;;;;/h5-28,39-40,47-48,51-52H,29-32H2,1-4H3;5-28,39-40,47-50H,29-32H2,1-4H3;8*1H2/q+2;;;;;;;;;/t2*39-,40-,47-,48-;;;;;;;;/m00......../s1. The van der Waals surface area contributed by atoms with E-state index in [1.807, 2.05) is 0 Å². The van der Waals surface area contributed by atoms with Gasteiger partial charge in [-0.2, -0.15) is 108 Å². The Kier molecular flexibility index (Phi) is 36.6. The van der Waals surface area contributed by atoms with Gasteiger partial charge < -0.3 is 21.3 Å². The summed E-state index contributed by atoms with van der Waals surface area (Å²) in [6, 6.07) is 111. The maximum absolute atomic E-state index is 7.76. The molecular formula is C96H116B2N4P4S8+2. The molecule has 4 N–H and O–H groups in total. The molecule has 4 aliphatic rings. The molecule has 0 fully saturated rings. The van der Waals surface area contributed by atoms with Crippen LogP contribution in [-0.4, -0.2) is 63.9 Å². The lowest BCUT2D eigenvalue weighted by molar-refractivity contribution is 0.300. The van der Waals surface area contributed by atoms with Crippen molar-refractivity contribution in [1.29, 1.82) is 0 Å². The second-order valence-electron chi connectivity index (χ2n) is 31.0. The van der Waals surface area contributed by atoms with Crippen molar-refractivity contribution >= 4 is 196 Å². The Labute approximate surface area is 744 Å². The van der Waals surface area contributed by atoms with Crippen LogP contribution < -0.4 is 63.7 Å². The van der Waals surface area contributed by atoms with Crippen LogP contribution in [0.3, 0.4) is 0 Å². The molecule has 0 unspecified atom stereocenters. The van der Waals surface area contributed by atoms with E-state index >= 15 is 0 Å². The van der Waals surface area contributed by atoms with Gasteiger partial charge in [0.15, 0.2) is 0 Å². The predicted molar refractivity (Wildman–Crippen MR) is 547 cm³/mol. The lowest BCUT2D eigenvalue weighted by atomic mass is 9.80. The van der Waals surface area contributed by atoms with E-state index in [1.54, 1.807) is 0 Å². The van der Waals surface area contributed by atoms with E-state index in [0.717, 1.165) is 50.3 Å². The molecule has 0 amide bonds. The molecule has 0 saturated carbocycles. The lowest BCUT2D eigenvalue weighted by Gasteiger charge is -2.44. The number of aryl methyl sites for hydroxylation is 8. The first-order valence-electron chi connectivity index (χ1n) is 38.3. The molecule has 16 rings (SSSR count). The van der Waals surface area contributed by atoms with Crippen molar-refractivity contribution in [3.63, 3.8) is 0 Å². The molecule has 0 aliphatic carbocycles. The fraction of sp³-hybridized carbons (Fsp3) is 0.250. The van der Waals surface area contributed by atoms with Crippen LogP contribution in [0.1, 0.15) is 113 Å². The van der Waals surface area contributed by atoms with Gasteiger partial charge in [-0.1, -0.05) is 287 Å². The smallest absolute Gasteiger partial charge is 0.305 e. The van der Waals surface area contributed by atoms with Gasteiger partial charge in [-0.25, -0.2) is 0 Å². The lowest BCUT2D eigenvalue weighted by Crippen LogP contribution is -2.52. The average molecular weight is 1730 g/mol. The van der Waals surface area contributed by atoms with E-state index in [-0.39, 0.29) is 144 Å². The summed E-state index contributed by atoms with van der Waals surface area (Å²) >= 11 is 0. The van der Waals surface area contributed by atoms with E-state index in [9.17, 15) is 0 Å². The fourth-order valence-electron chi connectivity index (χ4n) is 17.1. The van der Waals surface area contributed by atoms with Gasteiger partial charge >= 0.3 is 15.1 Å². The molecule has 0 spiro atoms. The van der Waals surface area contributed by atoms with Crippen LogP contribution in [0.2, 0.25) is 0 Å². The van der Waals surface area contributed by atoms with E-state index < -0.39 is 30.1 Å². The monoisotopic (exact) mass is 1730 g/mol. The minimum absolute atomic E-state index is 0. The highest BCUT2D eigenvalue weighted by atomic mass is 32.1. The Morgan fingerprint density at radius 2 is 0.421 bits per heavy atom. The van der Waals surface area contributed by atoms with Crippen molar-refractivity contribution in [2.45, 2.75) is 129 Å². The molecule has 0 bridgehead atoms. The van der Waals surface area contributed by atoms with Crippen LogP contribution in [0.4, 0.5) is 0 Å². The fourth-order valence-corrected chi connectivity index (χ4v) is 27.9. The van der Waals surface area contributed by atoms with Gasteiger partial charge in [-0.3, -0.25) is 0 Å². The maximum atomic E-state index is 7.76. The summed E-state index contributed by atoms with van der Waals surface area (Å²) in [6.45, 7) is 17.4. The van der Waals surface area contributed by atoms with Gasteiger partial charge in [0.25, 0.3) is 0 Å².